The van der Waals surface area contributed by atoms with Crippen LogP contribution in [0.1, 0.15) is 16.7 Å². The summed E-state index contributed by atoms with van der Waals surface area (Å²) >= 11 is 0. The van der Waals surface area contributed by atoms with Gasteiger partial charge in [0.15, 0.2) is 0 Å². The van der Waals surface area contributed by atoms with E-state index in [-0.39, 0.29) is 18.2 Å². The quantitative estimate of drug-likeness (QED) is 0.490. The van der Waals surface area contributed by atoms with E-state index >= 15 is 0 Å². The molecule has 0 atom stereocenters. The lowest BCUT2D eigenvalue weighted by Gasteiger charge is -2.14. The Labute approximate surface area is 130 Å². The highest BCUT2D eigenvalue weighted by atomic mass is 19.4. The second kappa shape index (κ2) is 6.77. The average Bonchev–Trinajstić information content (AvgIpc) is 2.40. The van der Waals surface area contributed by atoms with Crippen molar-refractivity contribution < 1.29 is 46.1 Å². The lowest BCUT2D eigenvalue weighted by molar-refractivity contribution is -0.143. The highest BCUT2D eigenvalue weighted by Crippen LogP contribution is 2.37. The lowest BCUT2D eigenvalue weighted by Crippen LogP contribution is -2.12. The van der Waals surface area contributed by atoms with Crippen LogP contribution in [0.3, 0.4) is 0 Å². The number of halogens is 6. The van der Waals surface area contributed by atoms with Gasteiger partial charge in [0, 0.05) is 6.08 Å². The fourth-order valence-corrected chi connectivity index (χ4v) is 1.63. The van der Waals surface area contributed by atoms with Gasteiger partial charge in [0.2, 0.25) is 0 Å². The summed E-state index contributed by atoms with van der Waals surface area (Å²) < 4.78 is 76.4. The van der Waals surface area contributed by atoms with E-state index in [1.54, 1.807) is 0 Å². The number of carboxylic acids is 2. The van der Waals surface area contributed by atoms with Gasteiger partial charge in [-0.1, -0.05) is 6.08 Å². The van der Waals surface area contributed by atoms with Gasteiger partial charge >= 0.3 is 24.3 Å². The molecule has 0 spiro atoms. The molecule has 130 valence electrons. The van der Waals surface area contributed by atoms with Gasteiger partial charge in [0.25, 0.3) is 0 Å². The number of benzene rings is 1. The third kappa shape index (κ3) is 5.14. The van der Waals surface area contributed by atoms with Crippen LogP contribution in [0.2, 0.25) is 0 Å². The van der Waals surface area contributed by atoms with Crippen LogP contribution >= 0.6 is 0 Å². The third-order valence-corrected chi connectivity index (χ3v) is 2.63. The number of hydrogen-bond donors (Lipinski definition) is 2. The van der Waals surface area contributed by atoms with Gasteiger partial charge < -0.3 is 10.2 Å². The van der Waals surface area contributed by atoms with E-state index in [1.165, 1.54) is 0 Å². The molecule has 4 nitrogen and oxygen atoms in total. The summed E-state index contributed by atoms with van der Waals surface area (Å²) in [4.78, 5) is 21.4. The number of alkyl halides is 6. The maximum Gasteiger partial charge on any atom is 0.416 e. The molecule has 24 heavy (non-hydrogen) atoms. The molecule has 1 rings (SSSR count). The Kier molecular flexibility index (Phi) is 5.43. The minimum Gasteiger partial charge on any atom is -0.478 e. The number of allylic oxidation sites excluding steroid dienone is 2. The normalized spacial score (nSPS) is 13.3. The topological polar surface area (TPSA) is 74.6 Å². The first-order valence-electron chi connectivity index (χ1n) is 5.97. The van der Waals surface area contributed by atoms with E-state index in [1.807, 2.05) is 0 Å². The zero-order chi connectivity index (χ0) is 18.7. The van der Waals surface area contributed by atoms with Gasteiger partial charge in [-0.15, -0.1) is 0 Å². The maximum atomic E-state index is 12.7. The summed E-state index contributed by atoms with van der Waals surface area (Å²) in [5, 5.41) is 17.3. The van der Waals surface area contributed by atoms with E-state index in [2.05, 4.69) is 0 Å². The molecule has 0 heterocycles. The molecule has 0 aliphatic rings. The summed E-state index contributed by atoms with van der Waals surface area (Å²) in [6, 6.07) is 0.337. The molecular weight excluding hydrogens is 346 g/mol. The molecule has 0 aromatic heterocycles. The zero-order valence-electron chi connectivity index (χ0n) is 11.4. The Balaban J connectivity index is 3.59. The highest BCUT2D eigenvalue weighted by molar-refractivity contribution is 6.15. The molecule has 0 amide bonds. The fourth-order valence-electron chi connectivity index (χ4n) is 1.63. The first kappa shape index (κ1) is 19.3. The fraction of sp³-hybridized carbons (Fsp3) is 0.143. The molecule has 0 aliphatic carbocycles. The molecule has 1 aromatic carbocycles. The highest BCUT2D eigenvalue weighted by Gasteiger charge is 2.37. The first-order chi connectivity index (χ1) is 10.8. The van der Waals surface area contributed by atoms with Crippen molar-refractivity contribution in [2.45, 2.75) is 12.4 Å². The van der Waals surface area contributed by atoms with E-state index in [9.17, 15) is 35.9 Å². The number of rotatable bonds is 4. The number of aliphatic carboxylic acids is 2. The van der Waals surface area contributed by atoms with Gasteiger partial charge in [-0.05, 0) is 29.8 Å². The van der Waals surface area contributed by atoms with Crippen LogP contribution in [0.4, 0.5) is 26.3 Å². The van der Waals surface area contributed by atoms with E-state index in [4.69, 9.17) is 10.2 Å². The summed E-state index contributed by atoms with van der Waals surface area (Å²) in [5.74, 6) is -3.30. The van der Waals surface area contributed by atoms with Crippen LogP contribution in [0.5, 0.6) is 0 Å². The number of carboxylic acid groups (broad SMARTS) is 2. The predicted octanol–water partition coefficient (Wildman–Crippen LogP) is 3.83. The minimum atomic E-state index is -5.13. The molecular formula is C14H8F6O4. The van der Waals surface area contributed by atoms with E-state index in [0.717, 1.165) is 0 Å². The maximum absolute atomic E-state index is 12.7. The molecule has 0 unspecified atom stereocenters. The second-order valence-electron chi connectivity index (χ2n) is 4.38. The molecule has 0 saturated carbocycles. The van der Waals surface area contributed by atoms with Crippen LogP contribution in [-0.2, 0) is 21.9 Å². The van der Waals surface area contributed by atoms with Crippen molar-refractivity contribution >= 4 is 17.5 Å². The molecule has 0 saturated heterocycles. The smallest absolute Gasteiger partial charge is 0.416 e. The van der Waals surface area contributed by atoms with Crippen LogP contribution in [0.15, 0.2) is 36.4 Å². The Morgan fingerprint density at radius 2 is 1.33 bits per heavy atom. The lowest BCUT2D eigenvalue weighted by atomic mass is 9.98. The van der Waals surface area contributed by atoms with Gasteiger partial charge in [-0.25, -0.2) is 9.59 Å². The van der Waals surface area contributed by atoms with Crippen molar-refractivity contribution in [3.8, 4) is 0 Å². The average molecular weight is 354 g/mol. The minimum absolute atomic E-state index is 0.143. The van der Waals surface area contributed by atoms with Crippen molar-refractivity contribution in [3.63, 3.8) is 0 Å². The molecule has 1 aromatic rings. The van der Waals surface area contributed by atoms with Crippen LogP contribution in [0.25, 0.3) is 5.57 Å². The first-order valence-corrected chi connectivity index (χ1v) is 5.97. The predicted molar refractivity (Wildman–Crippen MR) is 68.8 cm³/mol. The Morgan fingerprint density at radius 3 is 1.67 bits per heavy atom. The summed E-state index contributed by atoms with van der Waals surface area (Å²) in [7, 11) is 0. The van der Waals surface area contributed by atoms with Crippen LogP contribution in [0, 0.1) is 0 Å². The van der Waals surface area contributed by atoms with E-state index < -0.39 is 46.6 Å². The second-order valence-corrected chi connectivity index (χ2v) is 4.38. The molecule has 2 N–H and O–H groups in total. The summed E-state index contributed by atoms with van der Waals surface area (Å²) in [6.07, 6.45) is -8.51. The monoisotopic (exact) mass is 354 g/mol. The largest absolute Gasteiger partial charge is 0.478 e. The van der Waals surface area contributed by atoms with Crippen LogP contribution < -0.4 is 0 Å². The molecule has 0 fully saturated rings. The zero-order valence-corrected chi connectivity index (χ0v) is 11.4. The van der Waals surface area contributed by atoms with Gasteiger partial charge in [-0.3, -0.25) is 0 Å². The SMILES string of the molecule is O=C(O)C=CC=C(C(=O)O)c1cc(C(F)(F)F)cc(C(F)(F)F)c1. The Morgan fingerprint density at radius 1 is 0.875 bits per heavy atom. The van der Waals surface area contributed by atoms with Crippen molar-refractivity contribution in [2.75, 3.05) is 0 Å². The summed E-state index contributed by atoms with van der Waals surface area (Å²) in [5.41, 5.74) is -5.15. The van der Waals surface area contributed by atoms with Crippen molar-refractivity contribution in [3.05, 3.63) is 53.1 Å². The molecule has 0 radical (unpaired) electrons. The standard InChI is InChI=1S/C14H8F6O4/c15-13(16,17)8-4-7(5-9(6-8)14(18,19)20)10(12(23)24)2-1-3-11(21)22/h1-6H,(H,21,22)(H,23,24). The van der Waals surface area contributed by atoms with Crippen molar-refractivity contribution in [2.24, 2.45) is 0 Å². The molecule has 10 heteroatoms. The number of hydrogen-bond acceptors (Lipinski definition) is 2. The summed E-state index contributed by atoms with van der Waals surface area (Å²) in [6.45, 7) is 0. The Hall–Kier alpha value is -2.78. The molecule has 0 aliphatic heterocycles. The Bertz CT molecular complexity index is 681. The van der Waals surface area contributed by atoms with E-state index in [0.29, 0.717) is 18.2 Å². The van der Waals surface area contributed by atoms with Crippen molar-refractivity contribution in [1.29, 1.82) is 0 Å². The van der Waals surface area contributed by atoms with Gasteiger partial charge in [0.1, 0.15) is 0 Å². The van der Waals surface area contributed by atoms with Crippen molar-refractivity contribution in [1.82, 2.24) is 0 Å². The van der Waals surface area contributed by atoms with Crippen LogP contribution in [-0.4, -0.2) is 22.2 Å². The number of carbonyl (C=O) groups is 2. The van der Waals surface area contributed by atoms with Gasteiger partial charge in [-0.2, -0.15) is 26.3 Å². The third-order valence-electron chi connectivity index (χ3n) is 2.63. The molecule has 0 bridgehead atoms. The van der Waals surface area contributed by atoms with Gasteiger partial charge in [0.05, 0.1) is 16.7 Å².